The van der Waals surface area contributed by atoms with Crippen molar-refractivity contribution in [1.82, 2.24) is 0 Å². The summed E-state index contributed by atoms with van der Waals surface area (Å²) in [5.74, 6) is 2.20. The van der Waals surface area contributed by atoms with Crippen molar-refractivity contribution in [3.8, 4) is 17.2 Å². The molecular weight excluding hydrogens is 204 g/mol. The van der Waals surface area contributed by atoms with Crippen LogP contribution in [0, 0.1) is 0 Å². The van der Waals surface area contributed by atoms with Crippen LogP contribution in [0.1, 0.15) is 18.4 Å². The van der Waals surface area contributed by atoms with Crippen LogP contribution in [0.5, 0.6) is 17.2 Å². The molecule has 0 aliphatic heterocycles. The largest absolute Gasteiger partial charge is 0.493 e. The minimum Gasteiger partial charge on any atom is -0.493 e. The summed E-state index contributed by atoms with van der Waals surface area (Å²) in [7, 11) is 4.82. The first kappa shape index (κ1) is 12.4. The first-order chi connectivity index (χ1) is 7.67. The number of rotatable bonds is 5. The number of hydrogen-bond acceptors (Lipinski definition) is 3. The molecule has 16 heavy (non-hydrogen) atoms. The van der Waals surface area contributed by atoms with Crippen molar-refractivity contribution >= 4 is 0 Å². The highest BCUT2D eigenvalue weighted by atomic mass is 16.5. The van der Waals surface area contributed by atoms with Crippen LogP contribution in [0.4, 0.5) is 0 Å². The SMILES string of the molecule is C=C[C@@H](C)c1cc(OC)c(OC)c(OC)c1. The molecule has 0 amide bonds. The Labute approximate surface area is 96.6 Å². The number of benzene rings is 1. The van der Waals surface area contributed by atoms with Crippen molar-refractivity contribution in [2.75, 3.05) is 21.3 Å². The molecule has 3 heteroatoms. The van der Waals surface area contributed by atoms with Crippen molar-refractivity contribution in [1.29, 1.82) is 0 Å². The third-order valence-electron chi connectivity index (χ3n) is 2.57. The molecule has 0 aliphatic carbocycles. The molecule has 0 radical (unpaired) electrons. The van der Waals surface area contributed by atoms with Crippen LogP contribution in [0.25, 0.3) is 0 Å². The monoisotopic (exact) mass is 222 g/mol. The lowest BCUT2D eigenvalue weighted by atomic mass is 10.0. The normalized spacial score (nSPS) is 11.8. The van der Waals surface area contributed by atoms with Gasteiger partial charge in [0, 0.05) is 0 Å². The topological polar surface area (TPSA) is 27.7 Å². The fourth-order valence-corrected chi connectivity index (χ4v) is 1.50. The molecule has 3 nitrogen and oxygen atoms in total. The van der Waals surface area contributed by atoms with Crippen LogP contribution in [0.2, 0.25) is 0 Å². The van der Waals surface area contributed by atoms with Crippen molar-refractivity contribution < 1.29 is 14.2 Å². The van der Waals surface area contributed by atoms with Crippen molar-refractivity contribution in [2.45, 2.75) is 12.8 Å². The summed E-state index contributed by atoms with van der Waals surface area (Å²) in [6, 6.07) is 3.88. The molecular formula is C13H18O3. The van der Waals surface area contributed by atoms with Gasteiger partial charge in [0.25, 0.3) is 0 Å². The molecule has 0 aliphatic rings. The van der Waals surface area contributed by atoms with E-state index in [0.717, 1.165) is 5.56 Å². The molecule has 1 rings (SSSR count). The number of methoxy groups -OCH3 is 3. The van der Waals surface area contributed by atoms with Crippen LogP contribution >= 0.6 is 0 Å². The molecule has 0 heterocycles. The van der Waals surface area contributed by atoms with Crippen molar-refractivity contribution in [3.05, 3.63) is 30.4 Å². The third-order valence-corrected chi connectivity index (χ3v) is 2.57. The maximum atomic E-state index is 5.27. The summed E-state index contributed by atoms with van der Waals surface area (Å²) in [5, 5.41) is 0. The van der Waals surface area contributed by atoms with E-state index >= 15 is 0 Å². The Morgan fingerprint density at radius 2 is 1.56 bits per heavy atom. The second-order valence-electron chi connectivity index (χ2n) is 3.48. The maximum Gasteiger partial charge on any atom is 0.203 e. The predicted molar refractivity (Wildman–Crippen MR) is 64.7 cm³/mol. The average molecular weight is 222 g/mol. The zero-order chi connectivity index (χ0) is 12.1. The molecule has 0 bridgehead atoms. The van der Waals surface area contributed by atoms with E-state index in [9.17, 15) is 0 Å². The number of allylic oxidation sites excluding steroid dienone is 1. The highest BCUT2D eigenvalue weighted by Crippen LogP contribution is 2.40. The van der Waals surface area contributed by atoms with Crippen LogP contribution < -0.4 is 14.2 Å². The lowest BCUT2D eigenvalue weighted by Crippen LogP contribution is -1.98. The van der Waals surface area contributed by atoms with Crippen LogP contribution in [0.15, 0.2) is 24.8 Å². The molecule has 1 aromatic carbocycles. The van der Waals surface area contributed by atoms with Gasteiger partial charge >= 0.3 is 0 Å². The number of ether oxygens (including phenoxy) is 3. The van der Waals surface area contributed by atoms with Gasteiger partial charge in [-0.1, -0.05) is 13.0 Å². The average Bonchev–Trinajstić information content (AvgIpc) is 2.35. The van der Waals surface area contributed by atoms with Gasteiger partial charge in [0.15, 0.2) is 11.5 Å². The fourth-order valence-electron chi connectivity index (χ4n) is 1.50. The van der Waals surface area contributed by atoms with Gasteiger partial charge in [-0.05, 0) is 23.6 Å². The van der Waals surface area contributed by atoms with Gasteiger partial charge in [0.05, 0.1) is 21.3 Å². The highest BCUT2D eigenvalue weighted by molar-refractivity contribution is 5.54. The third kappa shape index (κ3) is 2.30. The summed E-state index contributed by atoms with van der Waals surface area (Å²) in [6.45, 7) is 5.84. The molecule has 88 valence electrons. The predicted octanol–water partition coefficient (Wildman–Crippen LogP) is 3.00. The molecule has 0 saturated carbocycles. The Hall–Kier alpha value is -1.64. The maximum absolute atomic E-state index is 5.27. The molecule has 0 spiro atoms. The van der Waals surface area contributed by atoms with Gasteiger partial charge in [-0.25, -0.2) is 0 Å². The molecule has 0 aromatic heterocycles. The Balaban J connectivity index is 3.30. The Morgan fingerprint density at radius 1 is 1.06 bits per heavy atom. The Kier molecular flexibility index (Phi) is 4.23. The Bertz CT molecular complexity index is 346. The molecule has 0 fully saturated rings. The minimum absolute atomic E-state index is 0.244. The highest BCUT2D eigenvalue weighted by Gasteiger charge is 2.14. The summed E-state index contributed by atoms with van der Waals surface area (Å²) in [4.78, 5) is 0. The van der Waals surface area contributed by atoms with Gasteiger partial charge in [-0.15, -0.1) is 6.58 Å². The summed E-state index contributed by atoms with van der Waals surface area (Å²) in [5.41, 5.74) is 1.09. The van der Waals surface area contributed by atoms with E-state index in [4.69, 9.17) is 14.2 Å². The first-order valence-electron chi connectivity index (χ1n) is 5.10. The van der Waals surface area contributed by atoms with Crippen LogP contribution in [0.3, 0.4) is 0 Å². The summed E-state index contributed by atoms with van der Waals surface area (Å²) in [6.07, 6.45) is 1.88. The fraction of sp³-hybridized carbons (Fsp3) is 0.385. The zero-order valence-corrected chi connectivity index (χ0v) is 10.2. The zero-order valence-electron chi connectivity index (χ0n) is 10.2. The molecule has 0 unspecified atom stereocenters. The van der Waals surface area contributed by atoms with E-state index in [1.807, 2.05) is 18.2 Å². The van der Waals surface area contributed by atoms with E-state index in [1.165, 1.54) is 0 Å². The number of hydrogen-bond donors (Lipinski definition) is 0. The second kappa shape index (κ2) is 5.45. The molecule has 1 aromatic rings. The van der Waals surface area contributed by atoms with Gasteiger partial charge in [0.1, 0.15) is 0 Å². The van der Waals surface area contributed by atoms with Crippen LogP contribution in [-0.4, -0.2) is 21.3 Å². The standard InChI is InChI=1S/C13H18O3/c1-6-9(2)10-7-11(14-3)13(16-5)12(8-10)15-4/h6-9H,1H2,2-5H3/t9-/m1/s1. The summed E-state index contributed by atoms with van der Waals surface area (Å²) >= 11 is 0. The second-order valence-corrected chi connectivity index (χ2v) is 3.48. The lowest BCUT2D eigenvalue weighted by molar-refractivity contribution is 0.323. The smallest absolute Gasteiger partial charge is 0.203 e. The van der Waals surface area contributed by atoms with E-state index in [2.05, 4.69) is 13.5 Å². The van der Waals surface area contributed by atoms with Gasteiger partial charge in [-0.3, -0.25) is 0 Å². The van der Waals surface area contributed by atoms with E-state index in [-0.39, 0.29) is 5.92 Å². The lowest BCUT2D eigenvalue weighted by Gasteiger charge is -2.15. The van der Waals surface area contributed by atoms with Crippen molar-refractivity contribution in [3.63, 3.8) is 0 Å². The van der Waals surface area contributed by atoms with Gasteiger partial charge in [0.2, 0.25) is 5.75 Å². The molecule has 1 atom stereocenters. The molecule has 0 N–H and O–H groups in total. The van der Waals surface area contributed by atoms with Crippen LogP contribution in [-0.2, 0) is 0 Å². The Morgan fingerprint density at radius 3 is 1.88 bits per heavy atom. The van der Waals surface area contributed by atoms with Gasteiger partial charge in [-0.2, -0.15) is 0 Å². The summed E-state index contributed by atoms with van der Waals surface area (Å²) < 4.78 is 15.8. The van der Waals surface area contributed by atoms with Gasteiger partial charge < -0.3 is 14.2 Å². The van der Waals surface area contributed by atoms with E-state index < -0.39 is 0 Å². The molecule has 0 saturated heterocycles. The quantitative estimate of drug-likeness (QED) is 0.717. The van der Waals surface area contributed by atoms with Crippen molar-refractivity contribution in [2.24, 2.45) is 0 Å². The first-order valence-corrected chi connectivity index (χ1v) is 5.10. The minimum atomic E-state index is 0.244. The van der Waals surface area contributed by atoms with E-state index in [0.29, 0.717) is 17.2 Å². The van der Waals surface area contributed by atoms with E-state index in [1.54, 1.807) is 21.3 Å².